The summed E-state index contributed by atoms with van der Waals surface area (Å²) in [6.45, 7) is 4.21. The molecule has 4 heteroatoms. The number of piperidine rings is 1. The summed E-state index contributed by atoms with van der Waals surface area (Å²) >= 11 is 0. The third-order valence-corrected chi connectivity index (χ3v) is 3.87. The van der Waals surface area contributed by atoms with Gasteiger partial charge in [0.2, 0.25) is 5.91 Å². The van der Waals surface area contributed by atoms with Crippen molar-refractivity contribution in [1.82, 2.24) is 4.90 Å². The SMILES string of the molecule is CC1CCN(C(=O)CC2CC(N)C2)CC1.Cl. The Bertz CT molecular complexity index is 233. The van der Waals surface area contributed by atoms with E-state index in [2.05, 4.69) is 6.92 Å². The van der Waals surface area contributed by atoms with E-state index in [4.69, 9.17) is 5.73 Å². The van der Waals surface area contributed by atoms with E-state index < -0.39 is 0 Å². The van der Waals surface area contributed by atoms with E-state index in [9.17, 15) is 4.79 Å². The highest BCUT2D eigenvalue weighted by atomic mass is 35.5. The van der Waals surface area contributed by atoms with Gasteiger partial charge in [0, 0.05) is 25.6 Å². The number of nitrogens with two attached hydrogens (primary N) is 1. The molecule has 0 bridgehead atoms. The highest BCUT2D eigenvalue weighted by molar-refractivity contribution is 5.85. The van der Waals surface area contributed by atoms with Gasteiger partial charge in [-0.1, -0.05) is 6.92 Å². The maximum Gasteiger partial charge on any atom is 0.222 e. The largest absolute Gasteiger partial charge is 0.343 e. The monoisotopic (exact) mass is 246 g/mol. The van der Waals surface area contributed by atoms with Crippen LogP contribution >= 0.6 is 12.4 Å². The van der Waals surface area contributed by atoms with E-state index in [-0.39, 0.29) is 12.4 Å². The summed E-state index contributed by atoms with van der Waals surface area (Å²) in [5.41, 5.74) is 5.72. The molecule has 0 aromatic carbocycles. The van der Waals surface area contributed by atoms with Crippen LogP contribution in [0.3, 0.4) is 0 Å². The van der Waals surface area contributed by atoms with Crippen molar-refractivity contribution < 1.29 is 4.79 Å². The molecule has 2 N–H and O–H groups in total. The molecule has 2 rings (SSSR count). The Kier molecular flexibility index (Phi) is 5.06. The van der Waals surface area contributed by atoms with Gasteiger partial charge < -0.3 is 10.6 Å². The number of nitrogens with zero attached hydrogens (tertiary/aromatic N) is 1. The van der Waals surface area contributed by atoms with Crippen LogP contribution in [-0.4, -0.2) is 29.9 Å². The summed E-state index contributed by atoms with van der Waals surface area (Å²) in [4.78, 5) is 13.9. The fourth-order valence-corrected chi connectivity index (χ4v) is 2.59. The van der Waals surface area contributed by atoms with E-state index in [0.29, 0.717) is 17.9 Å². The lowest BCUT2D eigenvalue weighted by atomic mass is 9.78. The minimum atomic E-state index is 0. The highest BCUT2D eigenvalue weighted by Crippen LogP contribution is 2.29. The minimum absolute atomic E-state index is 0. The molecule has 2 fully saturated rings. The first-order chi connectivity index (χ1) is 7.15. The molecule has 1 amide bonds. The molecule has 94 valence electrons. The average Bonchev–Trinajstić information content (AvgIpc) is 2.16. The molecule has 0 radical (unpaired) electrons. The quantitative estimate of drug-likeness (QED) is 0.808. The van der Waals surface area contributed by atoms with Crippen LogP contribution in [0.4, 0.5) is 0 Å². The van der Waals surface area contributed by atoms with E-state index in [0.717, 1.165) is 38.3 Å². The molecule has 1 saturated carbocycles. The average molecular weight is 247 g/mol. The number of rotatable bonds is 2. The van der Waals surface area contributed by atoms with Crippen molar-refractivity contribution in [3.63, 3.8) is 0 Å². The minimum Gasteiger partial charge on any atom is -0.343 e. The normalized spacial score (nSPS) is 30.5. The van der Waals surface area contributed by atoms with Crippen molar-refractivity contribution in [2.45, 2.75) is 45.1 Å². The van der Waals surface area contributed by atoms with E-state index in [1.54, 1.807) is 0 Å². The van der Waals surface area contributed by atoms with Crippen LogP contribution in [-0.2, 0) is 4.79 Å². The summed E-state index contributed by atoms with van der Waals surface area (Å²) in [6.07, 6.45) is 5.19. The van der Waals surface area contributed by atoms with E-state index >= 15 is 0 Å². The first kappa shape index (κ1) is 13.8. The molecule has 1 saturated heterocycles. The van der Waals surface area contributed by atoms with Gasteiger partial charge in [-0.05, 0) is 37.5 Å². The van der Waals surface area contributed by atoms with Gasteiger partial charge in [0.15, 0.2) is 0 Å². The second kappa shape index (κ2) is 5.87. The van der Waals surface area contributed by atoms with Crippen LogP contribution in [0.5, 0.6) is 0 Å². The molecule has 0 aromatic rings. The van der Waals surface area contributed by atoms with Crippen LogP contribution in [0.1, 0.15) is 39.0 Å². The number of carbonyl (C=O) groups excluding carboxylic acids is 1. The lowest BCUT2D eigenvalue weighted by molar-refractivity contribution is -0.134. The third-order valence-electron chi connectivity index (χ3n) is 3.87. The number of amides is 1. The summed E-state index contributed by atoms with van der Waals surface area (Å²) in [6, 6.07) is 0.365. The summed E-state index contributed by atoms with van der Waals surface area (Å²) in [5, 5.41) is 0. The van der Waals surface area contributed by atoms with E-state index in [1.807, 2.05) is 4.90 Å². The molecule has 2 aliphatic rings. The Morgan fingerprint density at radius 2 is 1.88 bits per heavy atom. The molecular formula is C12H23ClN2O. The molecule has 3 nitrogen and oxygen atoms in total. The standard InChI is InChI=1S/C12H22N2O.ClH/c1-9-2-4-14(5-3-9)12(15)8-10-6-11(13)7-10;/h9-11H,2-8,13H2,1H3;1H. The number of hydrogen-bond acceptors (Lipinski definition) is 2. The highest BCUT2D eigenvalue weighted by Gasteiger charge is 2.30. The van der Waals surface area contributed by atoms with Crippen LogP contribution in [0.2, 0.25) is 0 Å². The first-order valence-electron chi connectivity index (χ1n) is 6.18. The van der Waals surface area contributed by atoms with Gasteiger partial charge in [-0.25, -0.2) is 0 Å². The maximum absolute atomic E-state index is 11.9. The molecule has 16 heavy (non-hydrogen) atoms. The third kappa shape index (κ3) is 3.36. The Morgan fingerprint density at radius 3 is 2.38 bits per heavy atom. The molecule has 1 heterocycles. The topological polar surface area (TPSA) is 46.3 Å². The van der Waals surface area contributed by atoms with Crippen molar-refractivity contribution in [3.05, 3.63) is 0 Å². The van der Waals surface area contributed by atoms with Crippen LogP contribution in [0.15, 0.2) is 0 Å². The fourth-order valence-electron chi connectivity index (χ4n) is 2.59. The Morgan fingerprint density at radius 1 is 1.31 bits per heavy atom. The number of likely N-dealkylation sites (tertiary alicyclic amines) is 1. The van der Waals surface area contributed by atoms with Crippen molar-refractivity contribution >= 4 is 18.3 Å². The van der Waals surface area contributed by atoms with E-state index in [1.165, 1.54) is 12.8 Å². The van der Waals surface area contributed by atoms with Gasteiger partial charge in [0.1, 0.15) is 0 Å². The number of hydrogen-bond donors (Lipinski definition) is 1. The van der Waals surface area contributed by atoms with Crippen molar-refractivity contribution in [2.24, 2.45) is 17.6 Å². The molecule has 0 atom stereocenters. The Hall–Kier alpha value is -0.280. The molecule has 0 unspecified atom stereocenters. The number of carbonyl (C=O) groups is 1. The van der Waals surface area contributed by atoms with Gasteiger partial charge in [0.25, 0.3) is 0 Å². The molecular weight excluding hydrogens is 224 g/mol. The Balaban J connectivity index is 0.00000128. The zero-order valence-electron chi connectivity index (χ0n) is 10.0. The van der Waals surface area contributed by atoms with Crippen LogP contribution < -0.4 is 5.73 Å². The molecule has 1 aliphatic carbocycles. The fraction of sp³-hybridized carbons (Fsp3) is 0.917. The zero-order valence-corrected chi connectivity index (χ0v) is 10.8. The number of halogens is 1. The molecule has 1 aliphatic heterocycles. The molecule has 0 aromatic heterocycles. The van der Waals surface area contributed by atoms with Crippen LogP contribution in [0, 0.1) is 11.8 Å². The summed E-state index contributed by atoms with van der Waals surface area (Å²) < 4.78 is 0. The van der Waals surface area contributed by atoms with Crippen molar-refractivity contribution in [1.29, 1.82) is 0 Å². The Labute approximate surface area is 104 Å². The van der Waals surface area contributed by atoms with Crippen molar-refractivity contribution in [2.75, 3.05) is 13.1 Å². The van der Waals surface area contributed by atoms with Gasteiger partial charge in [-0.15, -0.1) is 12.4 Å². The maximum atomic E-state index is 11.9. The predicted molar refractivity (Wildman–Crippen MR) is 67.5 cm³/mol. The predicted octanol–water partition coefficient (Wildman–Crippen LogP) is 1.79. The van der Waals surface area contributed by atoms with Gasteiger partial charge in [0.05, 0.1) is 0 Å². The second-order valence-corrected chi connectivity index (χ2v) is 5.36. The van der Waals surface area contributed by atoms with Gasteiger partial charge in [-0.3, -0.25) is 4.79 Å². The smallest absolute Gasteiger partial charge is 0.222 e. The summed E-state index contributed by atoms with van der Waals surface area (Å²) in [7, 11) is 0. The lowest BCUT2D eigenvalue weighted by Gasteiger charge is -2.35. The second-order valence-electron chi connectivity index (χ2n) is 5.36. The molecule has 0 spiro atoms. The van der Waals surface area contributed by atoms with Gasteiger partial charge >= 0.3 is 0 Å². The first-order valence-corrected chi connectivity index (χ1v) is 6.18. The lowest BCUT2D eigenvalue weighted by Crippen LogP contribution is -2.42. The van der Waals surface area contributed by atoms with Crippen LogP contribution in [0.25, 0.3) is 0 Å². The summed E-state index contributed by atoms with van der Waals surface area (Å²) in [5.74, 6) is 1.73. The van der Waals surface area contributed by atoms with Gasteiger partial charge in [-0.2, -0.15) is 0 Å². The zero-order chi connectivity index (χ0) is 10.8. The van der Waals surface area contributed by atoms with Crippen molar-refractivity contribution in [3.8, 4) is 0 Å².